The summed E-state index contributed by atoms with van der Waals surface area (Å²) >= 11 is 0. The van der Waals surface area contributed by atoms with E-state index < -0.39 is 15.6 Å². The van der Waals surface area contributed by atoms with E-state index >= 15 is 0 Å². The van der Waals surface area contributed by atoms with E-state index in [1.54, 1.807) is 5.19 Å². The number of hydrogen-bond acceptors (Lipinski definition) is 3. The number of nitrogens with zero attached hydrogens (tertiary/aromatic N) is 1. The Balaban J connectivity index is -0.0000000460. The zero-order valence-corrected chi connectivity index (χ0v) is 20.8. The summed E-state index contributed by atoms with van der Waals surface area (Å²) < 4.78 is 98.9. The zero-order chi connectivity index (χ0) is 24.7. The molecule has 1 aliphatic heterocycles. The first kappa shape index (κ1) is 46.7. The Labute approximate surface area is 185 Å². The summed E-state index contributed by atoms with van der Waals surface area (Å²) in [7, 11) is -3.04. The molecule has 1 heterocycles. The third-order valence-corrected chi connectivity index (χ3v) is 4.36. The van der Waals surface area contributed by atoms with Gasteiger partial charge in [0.2, 0.25) is 5.19 Å². The van der Waals surface area contributed by atoms with Crippen molar-refractivity contribution in [3.05, 3.63) is 33.3 Å². The first-order chi connectivity index (χ1) is 12.9. The van der Waals surface area contributed by atoms with Gasteiger partial charge in [-0.05, 0) is 27.7 Å². The minimum absolute atomic E-state index is 0. The van der Waals surface area contributed by atoms with Crippen molar-refractivity contribution in [2.75, 3.05) is 0 Å². The van der Waals surface area contributed by atoms with E-state index in [2.05, 4.69) is 65.5 Å². The fourth-order valence-corrected chi connectivity index (χ4v) is 3.11. The molecular formula is C13H14F3NO8P2SW. The number of halogens is 3. The Hall–Kier alpha value is -0.382. The molecule has 0 bridgehead atoms. The van der Waals surface area contributed by atoms with Crippen molar-refractivity contribution < 1.29 is 75.0 Å². The molecule has 0 N–H and O–H groups in total. The molecule has 0 amide bonds. The van der Waals surface area contributed by atoms with Gasteiger partial charge >= 0.3 is 62.0 Å². The maximum Gasteiger partial charge on any atom is 0 e. The minimum Gasteiger partial charge on any atom is 0 e. The van der Waals surface area contributed by atoms with Gasteiger partial charge < -0.3 is 4.55 Å². The zero-order valence-electron chi connectivity index (χ0n) is 15.2. The van der Waals surface area contributed by atoms with Gasteiger partial charge in [0.1, 0.15) is 12.1 Å². The molecule has 0 unspecified atom stereocenters. The monoisotopic (exact) mass is 647 g/mol. The van der Waals surface area contributed by atoms with Gasteiger partial charge in [-0.2, -0.15) is 13.2 Å². The van der Waals surface area contributed by atoms with Crippen molar-refractivity contribution in [3.63, 3.8) is 0 Å². The second-order valence-electron chi connectivity index (χ2n) is 3.99. The van der Waals surface area contributed by atoms with Crippen LogP contribution in [0.5, 0.6) is 0 Å². The van der Waals surface area contributed by atoms with Crippen LogP contribution in [0.4, 0.5) is 13.2 Å². The van der Waals surface area contributed by atoms with Gasteiger partial charge in [0.15, 0.2) is 10.1 Å². The molecule has 162 valence electrons. The SMILES string of the molecule is CC(C)[N+](=C1[P][P]1)C(C)C.O=S(=O)([O-])C(F)(F)F.[C-]#[O+].[C-]#[O+].[C-]#[O+].[C-]#[O+].[C-]#[O+].[W]. The second kappa shape index (κ2) is 29.8. The van der Waals surface area contributed by atoms with E-state index in [0.717, 1.165) is 0 Å². The molecule has 0 aromatic carbocycles. The predicted octanol–water partition coefficient (Wildman–Crippen LogP) is 2.85. The number of rotatable bonds is 2. The standard InChI is InChI=1S/C7H14NP2.CHF3O3S.5CO.W/c1-5(2)8(6(3)4)7-9-10-7;2-1(3,4)8(5,6)7;5*1-2;/h5-6H,1-4H3;(H,5,6,7);;;;;;/q+1;;;;;;;/p-1. The molecule has 1 aliphatic rings. The first-order valence-electron chi connectivity index (χ1n) is 5.99. The summed E-state index contributed by atoms with van der Waals surface area (Å²) in [6, 6.07) is 1.36. The Morgan fingerprint density at radius 2 is 1.00 bits per heavy atom. The third kappa shape index (κ3) is 32.5. The molecule has 0 aliphatic carbocycles. The van der Waals surface area contributed by atoms with Crippen LogP contribution in [0.1, 0.15) is 27.7 Å². The smallest absolute Gasteiger partial charge is 0 e. The molecule has 0 aromatic rings. The van der Waals surface area contributed by atoms with Crippen LogP contribution in [-0.4, -0.2) is 40.3 Å². The van der Waals surface area contributed by atoms with Crippen molar-refractivity contribution in [1.29, 1.82) is 0 Å². The maximum atomic E-state index is 10.7. The fraction of sp³-hybridized carbons (Fsp3) is 0.538. The van der Waals surface area contributed by atoms with E-state index in [1.165, 1.54) is 16.5 Å². The quantitative estimate of drug-likeness (QED) is 0.113. The minimum atomic E-state index is -6.09. The van der Waals surface area contributed by atoms with Crippen LogP contribution >= 0.6 is 16.5 Å². The van der Waals surface area contributed by atoms with Crippen LogP contribution in [0.25, 0.3) is 0 Å². The molecule has 1 rings (SSSR count). The van der Waals surface area contributed by atoms with Crippen LogP contribution in [0, 0.1) is 33.3 Å². The van der Waals surface area contributed by atoms with Crippen molar-refractivity contribution in [3.8, 4) is 0 Å². The van der Waals surface area contributed by atoms with Gasteiger partial charge in [0.05, 0.1) is 16.5 Å². The average Bonchev–Trinajstić information content (AvgIpc) is 3.47. The molecule has 29 heavy (non-hydrogen) atoms. The van der Waals surface area contributed by atoms with Crippen molar-refractivity contribution in [1.82, 2.24) is 0 Å². The van der Waals surface area contributed by atoms with Gasteiger partial charge in [-0.15, -0.1) is 0 Å². The molecule has 16 heteroatoms. The van der Waals surface area contributed by atoms with Crippen LogP contribution in [0.3, 0.4) is 0 Å². The maximum absolute atomic E-state index is 10.7. The summed E-state index contributed by atoms with van der Waals surface area (Å²) in [4.78, 5) is 0. The van der Waals surface area contributed by atoms with Gasteiger partial charge in [-0.1, -0.05) is 0 Å². The summed E-state index contributed by atoms with van der Waals surface area (Å²) in [6.45, 7) is 31.5. The summed E-state index contributed by atoms with van der Waals surface area (Å²) in [6.07, 6.45) is 0. The summed E-state index contributed by atoms with van der Waals surface area (Å²) in [5, 5.41) is 1.60. The Bertz CT molecular complexity index is 576. The number of hydrogen-bond donors (Lipinski definition) is 0. The van der Waals surface area contributed by atoms with Crippen LogP contribution in [-0.2, 0) is 54.4 Å². The Morgan fingerprint density at radius 3 is 1.03 bits per heavy atom. The van der Waals surface area contributed by atoms with E-state index in [0.29, 0.717) is 12.1 Å². The van der Waals surface area contributed by atoms with Crippen molar-refractivity contribution in [2.45, 2.75) is 45.3 Å². The molecule has 0 aromatic heterocycles. The molecule has 0 spiro atoms. The molecule has 2 radical (unpaired) electrons. The average molecular weight is 647 g/mol. The molecular weight excluding hydrogens is 633 g/mol. The van der Waals surface area contributed by atoms with Gasteiger partial charge in [0.25, 0.3) is 0 Å². The second-order valence-corrected chi connectivity index (χ2v) is 8.17. The van der Waals surface area contributed by atoms with Crippen molar-refractivity contribution in [2.24, 2.45) is 0 Å². The molecule has 9 nitrogen and oxygen atoms in total. The van der Waals surface area contributed by atoms with E-state index in [9.17, 15) is 13.2 Å². The topological polar surface area (TPSA) is 160 Å². The summed E-state index contributed by atoms with van der Waals surface area (Å²) in [5.74, 6) is 0. The predicted molar refractivity (Wildman–Crippen MR) is 84.8 cm³/mol. The molecule has 0 saturated carbocycles. The van der Waals surface area contributed by atoms with Crippen molar-refractivity contribution >= 4 is 31.9 Å². The summed E-state index contributed by atoms with van der Waals surface area (Å²) in [5.41, 5.74) is -5.65. The first-order valence-corrected chi connectivity index (χ1v) is 9.89. The Morgan fingerprint density at radius 1 is 0.828 bits per heavy atom. The van der Waals surface area contributed by atoms with Crippen LogP contribution < -0.4 is 0 Å². The normalized spacial score (nSPS) is 11.7. The van der Waals surface area contributed by atoms with Gasteiger partial charge in [-0.3, -0.25) is 0 Å². The van der Waals surface area contributed by atoms with E-state index in [-0.39, 0.29) is 21.1 Å². The van der Waals surface area contributed by atoms with Gasteiger partial charge in [0, 0.05) is 21.1 Å². The molecule has 1 saturated heterocycles. The van der Waals surface area contributed by atoms with Gasteiger partial charge in [-0.25, -0.2) is 13.0 Å². The third-order valence-electron chi connectivity index (χ3n) is 1.82. The number of alkyl halides is 3. The van der Waals surface area contributed by atoms with Crippen LogP contribution in [0.15, 0.2) is 0 Å². The largest absolute Gasteiger partial charge is 0 e. The molecule has 0 atom stereocenters. The molecule has 1 fully saturated rings. The van der Waals surface area contributed by atoms with E-state index in [1.807, 2.05) is 0 Å². The van der Waals surface area contributed by atoms with E-state index in [4.69, 9.17) is 36.2 Å². The van der Waals surface area contributed by atoms with Crippen LogP contribution in [0.2, 0.25) is 0 Å². The fourth-order valence-electron chi connectivity index (χ4n) is 1.18. The Kier molecular flexibility index (Phi) is 48.0.